The summed E-state index contributed by atoms with van der Waals surface area (Å²) in [5.41, 5.74) is 3.49. The molecule has 1 N–H and O–H groups in total. The van der Waals surface area contributed by atoms with Gasteiger partial charge in [-0.05, 0) is 70.6 Å². The minimum atomic E-state index is -0.361. The van der Waals surface area contributed by atoms with Crippen molar-refractivity contribution in [2.45, 2.75) is 65.9 Å². The summed E-state index contributed by atoms with van der Waals surface area (Å²) in [4.78, 5) is 11.6. The second-order valence-electron chi connectivity index (χ2n) is 6.39. The van der Waals surface area contributed by atoms with Crippen LogP contribution in [0.5, 0.6) is 11.5 Å². The summed E-state index contributed by atoms with van der Waals surface area (Å²) in [6.07, 6.45) is 2.70. The van der Waals surface area contributed by atoms with Gasteiger partial charge in [-0.2, -0.15) is 0 Å². The molecular formula is C18H26O4. The summed E-state index contributed by atoms with van der Waals surface area (Å²) in [6, 6.07) is 0. The molecular weight excluding hydrogens is 280 g/mol. The van der Waals surface area contributed by atoms with E-state index < -0.39 is 0 Å². The van der Waals surface area contributed by atoms with Crippen LogP contribution in [0.25, 0.3) is 0 Å². The van der Waals surface area contributed by atoms with E-state index in [0.29, 0.717) is 25.2 Å². The number of carbonyl (C=O) groups excluding carboxylic acids is 1. The number of ether oxygens (including phenoxy) is 2. The van der Waals surface area contributed by atoms with Gasteiger partial charge in [0, 0.05) is 12.0 Å². The maximum atomic E-state index is 11.6. The first-order chi connectivity index (χ1) is 10.3. The SMILES string of the molecule is CCOC(=O)CCC1(C)CCc2c(C)c(O)c(C)c(C)c2O1. The van der Waals surface area contributed by atoms with Crippen molar-refractivity contribution >= 4 is 5.97 Å². The topological polar surface area (TPSA) is 55.8 Å². The summed E-state index contributed by atoms with van der Waals surface area (Å²) >= 11 is 0. The van der Waals surface area contributed by atoms with Crippen molar-refractivity contribution in [3.63, 3.8) is 0 Å². The number of phenolic OH excluding ortho intramolecular Hbond substituents is 1. The molecule has 4 nitrogen and oxygen atoms in total. The first-order valence-corrected chi connectivity index (χ1v) is 7.95. The Labute approximate surface area is 132 Å². The van der Waals surface area contributed by atoms with E-state index in [4.69, 9.17) is 9.47 Å². The Morgan fingerprint density at radius 2 is 1.95 bits per heavy atom. The highest BCUT2D eigenvalue weighted by Gasteiger charge is 2.34. The zero-order valence-electron chi connectivity index (χ0n) is 14.2. The number of esters is 1. The van der Waals surface area contributed by atoms with Crippen molar-refractivity contribution in [3.05, 3.63) is 22.3 Å². The summed E-state index contributed by atoms with van der Waals surface area (Å²) in [6.45, 7) is 10.1. The summed E-state index contributed by atoms with van der Waals surface area (Å²) in [5, 5.41) is 10.2. The Morgan fingerprint density at radius 3 is 2.59 bits per heavy atom. The molecule has 0 spiro atoms. The number of carbonyl (C=O) groups is 1. The average molecular weight is 306 g/mol. The van der Waals surface area contributed by atoms with Gasteiger partial charge in [0.2, 0.25) is 0 Å². The molecule has 1 aliphatic heterocycles. The first-order valence-electron chi connectivity index (χ1n) is 7.95. The molecule has 1 aromatic rings. The first kappa shape index (κ1) is 16.7. The fourth-order valence-electron chi connectivity index (χ4n) is 3.07. The molecule has 1 aliphatic rings. The van der Waals surface area contributed by atoms with Gasteiger partial charge in [-0.1, -0.05) is 0 Å². The molecule has 1 heterocycles. The number of rotatable bonds is 4. The Balaban J connectivity index is 2.22. The zero-order valence-corrected chi connectivity index (χ0v) is 14.2. The normalized spacial score (nSPS) is 20.2. The number of fused-ring (bicyclic) bond motifs is 1. The van der Waals surface area contributed by atoms with Crippen molar-refractivity contribution in [3.8, 4) is 11.5 Å². The van der Waals surface area contributed by atoms with E-state index in [9.17, 15) is 9.90 Å². The van der Waals surface area contributed by atoms with E-state index in [1.807, 2.05) is 34.6 Å². The Morgan fingerprint density at radius 1 is 1.27 bits per heavy atom. The second kappa shape index (κ2) is 6.19. The molecule has 0 aromatic heterocycles. The van der Waals surface area contributed by atoms with Crippen molar-refractivity contribution in [2.24, 2.45) is 0 Å². The van der Waals surface area contributed by atoms with Gasteiger partial charge in [0.05, 0.1) is 6.61 Å². The Bertz CT molecular complexity index is 591. The predicted octanol–water partition coefficient (Wildman–Crippen LogP) is 3.74. The minimum absolute atomic E-state index is 0.173. The molecule has 1 atom stereocenters. The van der Waals surface area contributed by atoms with Gasteiger partial charge in [-0.15, -0.1) is 0 Å². The molecule has 2 rings (SSSR count). The van der Waals surface area contributed by atoms with Crippen molar-refractivity contribution < 1.29 is 19.4 Å². The van der Waals surface area contributed by atoms with E-state index in [2.05, 4.69) is 0 Å². The van der Waals surface area contributed by atoms with E-state index in [1.54, 1.807) is 0 Å². The number of phenols is 1. The van der Waals surface area contributed by atoms with Crippen LogP contribution in [0.2, 0.25) is 0 Å². The van der Waals surface area contributed by atoms with Crippen LogP contribution < -0.4 is 4.74 Å². The van der Waals surface area contributed by atoms with Gasteiger partial charge in [0.1, 0.15) is 17.1 Å². The van der Waals surface area contributed by atoms with Crippen LogP contribution in [-0.2, 0) is 16.0 Å². The molecule has 1 aromatic carbocycles. The van der Waals surface area contributed by atoms with E-state index >= 15 is 0 Å². The Kier molecular flexibility index (Phi) is 4.69. The third kappa shape index (κ3) is 3.06. The lowest BCUT2D eigenvalue weighted by molar-refractivity contribution is -0.144. The van der Waals surface area contributed by atoms with Crippen LogP contribution in [0.4, 0.5) is 0 Å². The molecule has 0 amide bonds. The van der Waals surface area contributed by atoms with Crippen LogP contribution in [-0.4, -0.2) is 23.3 Å². The zero-order chi connectivity index (χ0) is 16.5. The van der Waals surface area contributed by atoms with Crippen LogP contribution >= 0.6 is 0 Å². The molecule has 0 saturated carbocycles. The third-order valence-electron chi connectivity index (χ3n) is 4.76. The molecule has 0 aliphatic carbocycles. The maximum Gasteiger partial charge on any atom is 0.305 e. The molecule has 4 heteroatoms. The highest BCUT2D eigenvalue weighted by Crippen LogP contribution is 2.44. The van der Waals surface area contributed by atoms with E-state index in [0.717, 1.165) is 40.8 Å². The van der Waals surface area contributed by atoms with E-state index in [1.165, 1.54) is 0 Å². The fraction of sp³-hybridized carbons (Fsp3) is 0.611. The molecule has 22 heavy (non-hydrogen) atoms. The highest BCUT2D eigenvalue weighted by molar-refractivity contribution is 5.69. The van der Waals surface area contributed by atoms with Gasteiger partial charge in [-0.25, -0.2) is 0 Å². The monoisotopic (exact) mass is 306 g/mol. The molecule has 0 saturated heterocycles. The van der Waals surface area contributed by atoms with Crippen LogP contribution in [0, 0.1) is 20.8 Å². The second-order valence-corrected chi connectivity index (χ2v) is 6.39. The molecule has 122 valence electrons. The highest BCUT2D eigenvalue weighted by atomic mass is 16.5. The summed E-state index contributed by atoms with van der Waals surface area (Å²) < 4.78 is 11.3. The lowest BCUT2D eigenvalue weighted by atomic mass is 9.85. The molecule has 0 fully saturated rings. The molecule has 0 radical (unpaired) electrons. The standard InChI is InChI=1S/C18H26O4/c1-6-21-15(19)8-10-18(5)9-7-14-13(4)16(20)11(2)12(3)17(14)22-18/h20H,6-10H2,1-5H3. The smallest absolute Gasteiger partial charge is 0.305 e. The molecule has 0 bridgehead atoms. The number of aromatic hydroxyl groups is 1. The van der Waals surface area contributed by atoms with Gasteiger partial charge in [0.25, 0.3) is 0 Å². The van der Waals surface area contributed by atoms with Gasteiger partial charge in [0.15, 0.2) is 0 Å². The van der Waals surface area contributed by atoms with Crippen molar-refractivity contribution in [1.82, 2.24) is 0 Å². The predicted molar refractivity (Wildman–Crippen MR) is 85.5 cm³/mol. The maximum absolute atomic E-state index is 11.6. The fourth-order valence-corrected chi connectivity index (χ4v) is 3.07. The lowest BCUT2D eigenvalue weighted by Gasteiger charge is -2.38. The van der Waals surface area contributed by atoms with Gasteiger partial charge < -0.3 is 14.6 Å². The lowest BCUT2D eigenvalue weighted by Crippen LogP contribution is -2.37. The third-order valence-corrected chi connectivity index (χ3v) is 4.76. The summed E-state index contributed by atoms with van der Waals surface area (Å²) in [5.74, 6) is 1.08. The average Bonchev–Trinajstić information content (AvgIpc) is 2.49. The van der Waals surface area contributed by atoms with Crippen LogP contribution in [0.1, 0.15) is 55.4 Å². The minimum Gasteiger partial charge on any atom is -0.507 e. The largest absolute Gasteiger partial charge is 0.507 e. The van der Waals surface area contributed by atoms with Crippen LogP contribution in [0.3, 0.4) is 0 Å². The quantitative estimate of drug-likeness (QED) is 0.861. The number of hydrogen-bond donors (Lipinski definition) is 1. The number of hydrogen-bond acceptors (Lipinski definition) is 4. The van der Waals surface area contributed by atoms with Crippen molar-refractivity contribution in [2.75, 3.05) is 6.61 Å². The molecule has 1 unspecified atom stereocenters. The van der Waals surface area contributed by atoms with Crippen molar-refractivity contribution in [1.29, 1.82) is 0 Å². The van der Waals surface area contributed by atoms with Gasteiger partial charge in [-0.3, -0.25) is 4.79 Å². The van der Waals surface area contributed by atoms with Crippen LogP contribution in [0.15, 0.2) is 0 Å². The number of benzene rings is 1. The Hall–Kier alpha value is -1.71. The summed E-state index contributed by atoms with van der Waals surface area (Å²) in [7, 11) is 0. The van der Waals surface area contributed by atoms with Gasteiger partial charge >= 0.3 is 5.97 Å². The van der Waals surface area contributed by atoms with E-state index in [-0.39, 0.29) is 11.6 Å².